The molecule has 2 saturated heterocycles. The highest BCUT2D eigenvalue weighted by Gasteiger charge is 2.29. The van der Waals surface area contributed by atoms with E-state index in [1.807, 2.05) is 24.1 Å². The summed E-state index contributed by atoms with van der Waals surface area (Å²) in [6, 6.07) is 4.96. The molecule has 1 amide bonds. The van der Waals surface area contributed by atoms with Crippen LogP contribution in [0.15, 0.2) is 30.6 Å². The highest BCUT2D eigenvalue weighted by molar-refractivity contribution is 5.99. The van der Waals surface area contributed by atoms with Gasteiger partial charge in [0.15, 0.2) is 0 Å². The third-order valence-electron chi connectivity index (χ3n) is 5.73. The van der Waals surface area contributed by atoms with E-state index < -0.39 is 4.92 Å². The number of benzene rings is 1. The van der Waals surface area contributed by atoms with Crippen molar-refractivity contribution in [2.45, 2.75) is 25.7 Å². The van der Waals surface area contributed by atoms with Crippen LogP contribution in [0, 0.1) is 16.0 Å². The van der Waals surface area contributed by atoms with Gasteiger partial charge in [0.05, 0.1) is 11.1 Å². The molecule has 0 aliphatic carbocycles. The third-order valence-corrected chi connectivity index (χ3v) is 5.73. The minimum atomic E-state index is -0.456. The lowest BCUT2D eigenvalue weighted by Gasteiger charge is -2.21. The Balaban J connectivity index is 1.52. The summed E-state index contributed by atoms with van der Waals surface area (Å²) in [5, 5.41) is 15.7. The minimum Gasteiger partial charge on any atom is -0.371 e. The number of hydrogen-bond acceptors (Lipinski definition) is 5. The molecule has 2 aliphatic heterocycles. The summed E-state index contributed by atoms with van der Waals surface area (Å²) in [4.78, 5) is 27.8. The lowest BCUT2D eigenvalue weighted by Crippen LogP contribution is -2.29. The molecule has 0 bridgehead atoms. The van der Waals surface area contributed by atoms with Crippen LogP contribution in [0.4, 0.5) is 11.4 Å². The maximum atomic E-state index is 12.8. The van der Waals surface area contributed by atoms with Crippen molar-refractivity contribution < 1.29 is 9.72 Å². The molecule has 0 N–H and O–H groups in total. The number of carbonyl (C=O) groups is 1. The Bertz CT molecular complexity index is 888. The predicted octanol–water partition coefficient (Wildman–Crippen LogP) is 2.63. The number of anilines is 1. The number of nitro benzene ring substituents is 1. The zero-order chi connectivity index (χ0) is 19.7. The van der Waals surface area contributed by atoms with Crippen molar-refractivity contribution in [3.05, 3.63) is 51.8 Å². The second kappa shape index (κ2) is 7.61. The van der Waals surface area contributed by atoms with Crippen molar-refractivity contribution in [2.75, 3.05) is 31.1 Å². The number of rotatable bonds is 5. The topological polar surface area (TPSA) is 84.5 Å². The van der Waals surface area contributed by atoms with Gasteiger partial charge in [-0.2, -0.15) is 5.10 Å². The van der Waals surface area contributed by atoms with E-state index >= 15 is 0 Å². The average Bonchev–Trinajstić information content (AvgIpc) is 3.43. The maximum Gasteiger partial charge on any atom is 0.282 e. The van der Waals surface area contributed by atoms with Crippen LogP contribution >= 0.6 is 0 Å². The Hall–Kier alpha value is -2.90. The van der Waals surface area contributed by atoms with Gasteiger partial charge in [0.1, 0.15) is 5.56 Å². The predicted molar refractivity (Wildman–Crippen MR) is 105 cm³/mol. The van der Waals surface area contributed by atoms with E-state index in [0.717, 1.165) is 44.5 Å². The van der Waals surface area contributed by atoms with Gasteiger partial charge in [0, 0.05) is 51.2 Å². The molecule has 2 aromatic rings. The molecule has 4 rings (SSSR count). The zero-order valence-corrected chi connectivity index (χ0v) is 16.1. The van der Waals surface area contributed by atoms with E-state index in [0.29, 0.717) is 19.0 Å². The standard InChI is InChI=1S/C20H25N5O3/c1-22-13-16(12-21-22)10-15-6-9-24(14-15)17-4-5-19(25(27)28)18(11-17)20(26)23-7-2-3-8-23/h4-5,11-13,15H,2-3,6-10,14H2,1H3. The number of carbonyl (C=O) groups excluding carboxylic acids is 1. The first-order valence-corrected chi connectivity index (χ1v) is 9.81. The number of aromatic nitrogens is 2. The fourth-order valence-electron chi connectivity index (χ4n) is 4.29. The van der Waals surface area contributed by atoms with Crippen LogP contribution in [0.25, 0.3) is 0 Å². The molecule has 1 aromatic carbocycles. The number of nitro groups is 1. The SMILES string of the molecule is Cn1cc(CC2CCN(c3ccc([N+](=O)[O-])c(C(=O)N4CCCC4)c3)C2)cn1. The van der Waals surface area contributed by atoms with E-state index in [1.165, 1.54) is 11.6 Å². The van der Waals surface area contributed by atoms with Gasteiger partial charge in [-0.1, -0.05) is 0 Å². The lowest BCUT2D eigenvalue weighted by molar-refractivity contribution is -0.385. The molecular weight excluding hydrogens is 358 g/mol. The van der Waals surface area contributed by atoms with Gasteiger partial charge < -0.3 is 9.80 Å². The van der Waals surface area contributed by atoms with Gasteiger partial charge in [-0.05, 0) is 49.3 Å². The van der Waals surface area contributed by atoms with Crippen LogP contribution in [-0.2, 0) is 13.5 Å². The van der Waals surface area contributed by atoms with Crippen molar-refractivity contribution in [3.63, 3.8) is 0 Å². The molecule has 0 radical (unpaired) electrons. The van der Waals surface area contributed by atoms with Crippen LogP contribution in [0.2, 0.25) is 0 Å². The number of hydrogen-bond donors (Lipinski definition) is 0. The van der Waals surface area contributed by atoms with E-state index in [4.69, 9.17) is 0 Å². The van der Waals surface area contributed by atoms with E-state index in [9.17, 15) is 14.9 Å². The third kappa shape index (κ3) is 3.72. The minimum absolute atomic E-state index is 0.105. The fraction of sp³-hybridized carbons (Fsp3) is 0.500. The first kappa shape index (κ1) is 18.5. The summed E-state index contributed by atoms with van der Waals surface area (Å²) in [5.41, 5.74) is 2.22. The summed E-state index contributed by atoms with van der Waals surface area (Å²) < 4.78 is 1.81. The Labute approximate surface area is 163 Å². The molecule has 28 heavy (non-hydrogen) atoms. The monoisotopic (exact) mass is 383 g/mol. The quantitative estimate of drug-likeness (QED) is 0.585. The summed E-state index contributed by atoms with van der Waals surface area (Å²) in [6.07, 6.45) is 7.89. The first-order chi connectivity index (χ1) is 13.5. The molecule has 8 heteroatoms. The Morgan fingerprint density at radius 3 is 2.75 bits per heavy atom. The molecule has 0 saturated carbocycles. The number of aryl methyl sites for hydroxylation is 1. The van der Waals surface area contributed by atoms with Gasteiger partial charge >= 0.3 is 0 Å². The number of likely N-dealkylation sites (tertiary alicyclic amines) is 1. The summed E-state index contributed by atoms with van der Waals surface area (Å²) in [7, 11) is 1.92. The second-order valence-corrected chi connectivity index (χ2v) is 7.78. The molecule has 3 heterocycles. The average molecular weight is 383 g/mol. The smallest absolute Gasteiger partial charge is 0.282 e. The van der Waals surface area contributed by atoms with Crippen molar-refractivity contribution in [2.24, 2.45) is 13.0 Å². The van der Waals surface area contributed by atoms with Crippen molar-refractivity contribution >= 4 is 17.3 Å². The van der Waals surface area contributed by atoms with Gasteiger partial charge in [0.25, 0.3) is 11.6 Å². The molecule has 1 atom stereocenters. The molecule has 1 aromatic heterocycles. The number of nitrogens with zero attached hydrogens (tertiary/aromatic N) is 5. The molecule has 1 unspecified atom stereocenters. The van der Waals surface area contributed by atoms with Gasteiger partial charge in [-0.15, -0.1) is 0 Å². The van der Waals surface area contributed by atoms with Crippen molar-refractivity contribution in [1.82, 2.24) is 14.7 Å². The Morgan fingerprint density at radius 2 is 2.07 bits per heavy atom. The van der Waals surface area contributed by atoms with Gasteiger partial charge in [0.2, 0.25) is 0 Å². The summed E-state index contributed by atoms with van der Waals surface area (Å²) >= 11 is 0. The van der Waals surface area contributed by atoms with Crippen LogP contribution in [0.1, 0.15) is 35.2 Å². The zero-order valence-electron chi connectivity index (χ0n) is 16.1. The molecule has 148 valence electrons. The van der Waals surface area contributed by atoms with Gasteiger partial charge in [-0.3, -0.25) is 19.6 Å². The Morgan fingerprint density at radius 1 is 1.29 bits per heavy atom. The summed E-state index contributed by atoms with van der Waals surface area (Å²) in [5.74, 6) is 0.286. The highest BCUT2D eigenvalue weighted by Crippen LogP contribution is 2.31. The van der Waals surface area contributed by atoms with Crippen molar-refractivity contribution in [3.8, 4) is 0 Å². The second-order valence-electron chi connectivity index (χ2n) is 7.78. The molecule has 2 aliphatic rings. The molecular formula is C20H25N5O3. The Kier molecular flexibility index (Phi) is 5.02. The van der Waals surface area contributed by atoms with Crippen molar-refractivity contribution in [1.29, 1.82) is 0 Å². The van der Waals surface area contributed by atoms with Crippen LogP contribution in [-0.4, -0.2) is 51.7 Å². The molecule has 0 spiro atoms. The van der Waals surface area contributed by atoms with Crippen LogP contribution in [0.5, 0.6) is 0 Å². The van der Waals surface area contributed by atoms with Gasteiger partial charge in [-0.25, -0.2) is 0 Å². The lowest BCUT2D eigenvalue weighted by atomic mass is 10.0. The van der Waals surface area contributed by atoms with Crippen LogP contribution < -0.4 is 4.90 Å². The maximum absolute atomic E-state index is 12.8. The fourth-order valence-corrected chi connectivity index (χ4v) is 4.29. The molecule has 2 fully saturated rings. The molecule has 8 nitrogen and oxygen atoms in total. The van der Waals surface area contributed by atoms with E-state index in [-0.39, 0.29) is 17.2 Å². The van der Waals surface area contributed by atoms with Crippen LogP contribution in [0.3, 0.4) is 0 Å². The largest absolute Gasteiger partial charge is 0.371 e. The summed E-state index contributed by atoms with van der Waals surface area (Å²) in [6.45, 7) is 3.12. The van der Waals surface area contributed by atoms with E-state index in [2.05, 4.69) is 10.00 Å². The first-order valence-electron chi connectivity index (χ1n) is 9.81. The number of amides is 1. The van der Waals surface area contributed by atoms with E-state index in [1.54, 1.807) is 17.0 Å². The normalized spacial score (nSPS) is 19.4. The highest BCUT2D eigenvalue weighted by atomic mass is 16.6.